The van der Waals surface area contributed by atoms with Crippen molar-refractivity contribution < 1.29 is 14.3 Å². The molecule has 21 heavy (non-hydrogen) atoms. The lowest BCUT2D eigenvalue weighted by molar-refractivity contribution is -0.144. The van der Waals surface area contributed by atoms with Crippen molar-refractivity contribution in [2.24, 2.45) is 5.73 Å². The van der Waals surface area contributed by atoms with E-state index in [1.807, 2.05) is 0 Å². The number of nitrogens with zero attached hydrogens (tertiary/aromatic N) is 2. The number of rotatable bonds is 6. The lowest BCUT2D eigenvalue weighted by Crippen LogP contribution is -2.34. The number of carbonyl (C=O) groups is 1. The van der Waals surface area contributed by atoms with Gasteiger partial charge in [-0.25, -0.2) is 0 Å². The molecule has 0 spiro atoms. The maximum atomic E-state index is 11.6. The minimum atomic E-state index is -0.673. The van der Waals surface area contributed by atoms with E-state index in [0.717, 1.165) is 23.1 Å². The van der Waals surface area contributed by atoms with Crippen molar-refractivity contribution in [2.75, 3.05) is 31.7 Å². The molecule has 1 saturated heterocycles. The van der Waals surface area contributed by atoms with Crippen LogP contribution in [0.2, 0.25) is 0 Å². The zero-order valence-electron chi connectivity index (χ0n) is 12.6. The van der Waals surface area contributed by atoms with E-state index in [-0.39, 0.29) is 5.97 Å². The van der Waals surface area contributed by atoms with Gasteiger partial charge in [0, 0.05) is 19.5 Å². The van der Waals surface area contributed by atoms with Gasteiger partial charge in [0.1, 0.15) is 6.04 Å². The van der Waals surface area contributed by atoms with E-state index in [1.165, 1.54) is 19.3 Å². The number of hydrogen-bond acceptors (Lipinski definition) is 7. The van der Waals surface area contributed by atoms with Crippen molar-refractivity contribution in [2.45, 2.75) is 38.6 Å². The topological polar surface area (TPSA) is 77.7 Å². The number of nitrogens with two attached hydrogens (primary N) is 1. The Balaban J connectivity index is 2.07. The fraction of sp³-hybridized carbons (Fsp3) is 0.714. The lowest BCUT2D eigenvalue weighted by Gasteiger charge is -2.25. The first-order chi connectivity index (χ1) is 10.2. The van der Waals surface area contributed by atoms with Crippen molar-refractivity contribution in [1.82, 2.24) is 4.98 Å². The SMILES string of the molecule is CCOC(=O)C(N)Cc1sc(N2CCCCC2)nc1OC. The maximum Gasteiger partial charge on any atom is 0.323 e. The summed E-state index contributed by atoms with van der Waals surface area (Å²) in [5, 5.41) is 0.956. The largest absolute Gasteiger partial charge is 0.480 e. The van der Waals surface area contributed by atoms with Gasteiger partial charge in [0.25, 0.3) is 0 Å². The summed E-state index contributed by atoms with van der Waals surface area (Å²) < 4.78 is 10.3. The molecule has 1 unspecified atom stereocenters. The number of aromatic nitrogens is 1. The van der Waals surface area contributed by atoms with E-state index in [4.69, 9.17) is 15.2 Å². The van der Waals surface area contributed by atoms with Crippen LogP contribution in [0, 0.1) is 0 Å². The van der Waals surface area contributed by atoms with Gasteiger partial charge in [-0.05, 0) is 26.2 Å². The molecular weight excluding hydrogens is 290 g/mol. The second-order valence-electron chi connectivity index (χ2n) is 5.04. The minimum Gasteiger partial charge on any atom is -0.480 e. The Morgan fingerprint density at radius 1 is 1.43 bits per heavy atom. The monoisotopic (exact) mass is 313 g/mol. The maximum absolute atomic E-state index is 11.6. The average Bonchev–Trinajstić information content (AvgIpc) is 2.91. The Hall–Kier alpha value is -1.34. The van der Waals surface area contributed by atoms with Crippen molar-refractivity contribution in [3.05, 3.63) is 4.88 Å². The molecule has 1 aromatic rings. The number of hydrogen-bond donors (Lipinski definition) is 1. The highest BCUT2D eigenvalue weighted by molar-refractivity contribution is 7.15. The van der Waals surface area contributed by atoms with Gasteiger partial charge in [0.05, 0.1) is 18.6 Å². The van der Waals surface area contributed by atoms with Gasteiger partial charge in [-0.15, -0.1) is 0 Å². The van der Waals surface area contributed by atoms with E-state index in [1.54, 1.807) is 25.4 Å². The molecule has 0 radical (unpaired) electrons. The van der Waals surface area contributed by atoms with Crippen molar-refractivity contribution in [1.29, 1.82) is 0 Å². The summed E-state index contributed by atoms with van der Waals surface area (Å²) in [7, 11) is 1.59. The molecule has 0 aliphatic carbocycles. The van der Waals surface area contributed by atoms with E-state index in [0.29, 0.717) is 18.9 Å². The molecular formula is C14H23N3O3S. The van der Waals surface area contributed by atoms with Gasteiger partial charge >= 0.3 is 5.97 Å². The highest BCUT2D eigenvalue weighted by Crippen LogP contribution is 2.33. The smallest absolute Gasteiger partial charge is 0.323 e. The number of ether oxygens (including phenoxy) is 2. The Bertz CT molecular complexity index is 472. The number of esters is 1. The van der Waals surface area contributed by atoms with Gasteiger partial charge in [0.15, 0.2) is 5.13 Å². The highest BCUT2D eigenvalue weighted by Gasteiger charge is 2.23. The zero-order chi connectivity index (χ0) is 15.2. The quantitative estimate of drug-likeness (QED) is 0.803. The molecule has 0 amide bonds. The Morgan fingerprint density at radius 2 is 2.14 bits per heavy atom. The van der Waals surface area contributed by atoms with Crippen LogP contribution in [0.4, 0.5) is 5.13 Å². The van der Waals surface area contributed by atoms with Crippen LogP contribution in [-0.2, 0) is 16.0 Å². The lowest BCUT2D eigenvalue weighted by atomic mass is 10.1. The predicted molar refractivity (Wildman–Crippen MR) is 83.0 cm³/mol. The normalized spacial score (nSPS) is 16.6. The van der Waals surface area contributed by atoms with Gasteiger partial charge in [0.2, 0.25) is 5.88 Å². The van der Waals surface area contributed by atoms with Gasteiger partial charge in [-0.3, -0.25) is 4.79 Å². The van der Waals surface area contributed by atoms with Crippen molar-refractivity contribution >= 4 is 22.4 Å². The second-order valence-corrected chi connectivity index (χ2v) is 6.10. The Labute approximate surface area is 129 Å². The Morgan fingerprint density at radius 3 is 2.76 bits per heavy atom. The minimum absolute atomic E-state index is 0.339. The third-order valence-electron chi connectivity index (χ3n) is 3.46. The molecule has 6 nitrogen and oxygen atoms in total. The molecule has 0 bridgehead atoms. The predicted octanol–water partition coefficient (Wildman–Crippen LogP) is 1.57. The van der Waals surface area contributed by atoms with Crippen LogP contribution in [0.15, 0.2) is 0 Å². The molecule has 2 N–H and O–H groups in total. The molecule has 118 valence electrons. The average molecular weight is 313 g/mol. The van der Waals surface area contributed by atoms with Gasteiger partial charge in [-0.1, -0.05) is 11.3 Å². The van der Waals surface area contributed by atoms with Crippen molar-refractivity contribution in [3.8, 4) is 5.88 Å². The molecule has 1 fully saturated rings. The first-order valence-electron chi connectivity index (χ1n) is 7.36. The molecule has 0 saturated carbocycles. The first-order valence-corrected chi connectivity index (χ1v) is 8.18. The van der Waals surface area contributed by atoms with Crippen LogP contribution in [0.5, 0.6) is 5.88 Å². The van der Waals surface area contributed by atoms with E-state index in [2.05, 4.69) is 9.88 Å². The molecule has 2 rings (SSSR count). The molecule has 7 heteroatoms. The van der Waals surface area contributed by atoms with Crippen LogP contribution in [0.3, 0.4) is 0 Å². The first kappa shape index (κ1) is 16.0. The highest BCUT2D eigenvalue weighted by atomic mass is 32.1. The van der Waals surface area contributed by atoms with Crippen LogP contribution < -0.4 is 15.4 Å². The zero-order valence-corrected chi connectivity index (χ0v) is 13.4. The molecule has 1 atom stereocenters. The number of carbonyl (C=O) groups excluding carboxylic acids is 1. The third kappa shape index (κ3) is 4.07. The van der Waals surface area contributed by atoms with Crippen LogP contribution in [0.1, 0.15) is 31.1 Å². The van der Waals surface area contributed by atoms with Crippen molar-refractivity contribution in [3.63, 3.8) is 0 Å². The fourth-order valence-electron chi connectivity index (χ4n) is 2.37. The molecule has 2 heterocycles. The number of thiazole rings is 1. The van der Waals surface area contributed by atoms with E-state index >= 15 is 0 Å². The Kier molecular flexibility index (Phi) is 5.81. The summed E-state index contributed by atoms with van der Waals surface area (Å²) in [5.41, 5.74) is 5.88. The third-order valence-corrected chi connectivity index (χ3v) is 4.58. The summed E-state index contributed by atoms with van der Waals surface area (Å²) in [6, 6.07) is -0.673. The molecule has 1 aliphatic heterocycles. The summed E-state index contributed by atoms with van der Waals surface area (Å²) in [4.78, 5) is 19.3. The summed E-state index contributed by atoms with van der Waals surface area (Å²) in [6.07, 6.45) is 4.06. The summed E-state index contributed by atoms with van der Waals surface area (Å²) in [6.45, 7) is 4.16. The van der Waals surface area contributed by atoms with Crippen LogP contribution in [0.25, 0.3) is 0 Å². The molecule has 1 aliphatic rings. The number of piperidine rings is 1. The number of anilines is 1. The van der Waals surface area contributed by atoms with Crippen LogP contribution in [-0.4, -0.2) is 43.8 Å². The van der Waals surface area contributed by atoms with Gasteiger partial charge < -0.3 is 20.1 Å². The standard InChI is InChI=1S/C14H23N3O3S/c1-3-20-13(18)10(15)9-11-12(19-2)16-14(21-11)17-7-5-4-6-8-17/h10H,3-9,15H2,1-2H3. The van der Waals surface area contributed by atoms with Crippen LogP contribution >= 0.6 is 11.3 Å². The summed E-state index contributed by atoms with van der Waals surface area (Å²) >= 11 is 1.56. The second kappa shape index (κ2) is 7.61. The summed E-state index contributed by atoms with van der Waals surface area (Å²) in [5.74, 6) is 0.188. The van der Waals surface area contributed by atoms with E-state index < -0.39 is 6.04 Å². The van der Waals surface area contributed by atoms with Gasteiger partial charge in [-0.2, -0.15) is 4.98 Å². The van der Waals surface area contributed by atoms with E-state index in [9.17, 15) is 4.79 Å². The molecule has 0 aromatic carbocycles. The molecule has 1 aromatic heterocycles. The number of methoxy groups -OCH3 is 1. The fourth-order valence-corrected chi connectivity index (χ4v) is 3.51.